The van der Waals surface area contributed by atoms with Gasteiger partial charge in [0, 0.05) is 19.2 Å². The van der Waals surface area contributed by atoms with Crippen molar-refractivity contribution in [3.05, 3.63) is 96.1 Å². The predicted molar refractivity (Wildman–Crippen MR) is 120 cm³/mol. The Morgan fingerprint density at radius 3 is 2.07 bits per heavy atom. The molecule has 3 aromatic carbocycles. The van der Waals surface area contributed by atoms with Gasteiger partial charge in [0.2, 0.25) is 0 Å². The first-order valence-electron chi connectivity index (χ1n) is 9.94. The van der Waals surface area contributed by atoms with E-state index in [0.29, 0.717) is 17.8 Å². The van der Waals surface area contributed by atoms with Gasteiger partial charge in [0.05, 0.1) is 10.6 Å². The zero-order chi connectivity index (χ0) is 21.4. The molecule has 0 fully saturated rings. The zero-order valence-electron chi connectivity index (χ0n) is 17.0. The summed E-state index contributed by atoms with van der Waals surface area (Å²) in [5.74, 6) is -0.199. The van der Waals surface area contributed by atoms with E-state index in [-0.39, 0.29) is 10.8 Å². The fourth-order valence-electron chi connectivity index (χ4n) is 3.12. The monoisotopic (exact) mass is 422 g/mol. The van der Waals surface area contributed by atoms with Crippen molar-refractivity contribution in [1.82, 2.24) is 5.32 Å². The number of carbonyl (C=O) groups excluding carboxylic acids is 1. The lowest BCUT2D eigenvalue weighted by molar-refractivity contribution is 0.0953. The molecule has 0 aromatic heterocycles. The normalized spacial score (nSPS) is 11.1. The Balaban J connectivity index is 1.52. The van der Waals surface area contributed by atoms with Gasteiger partial charge in [0.15, 0.2) is 0 Å². The van der Waals surface area contributed by atoms with Crippen LogP contribution in [0.5, 0.6) is 0 Å². The van der Waals surface area contributed by atoms with E-state index in [9.17, 15) is 13.2 Å². The van der Waals surface area contributed by atoms with E-state index in [0.717, 1.165) is 19.3 Å². The van der Waals surface area contributed by atoms with E-state index in [1.807, 2.05) is 24.3 Å². The summed E-state index contributed by atoms with van der Waals surface area (Å²) < 4.78 is 26.8. The van der Waals surface area contributed by atoms with Crippen molar-refractivity contribution in [2.75, 3.05) is 17.9 Å². The number of para-hydroxylation sites is 1. The highest BCUT2D eigenvalue weighted by Gasteiger charge is 2.21. The first kappa shape index (κ1) is 21.6. The van der Waals surface area contributed by atoms with Crippen LogP contribution in [0.2, 0.25) is 0 Å². The average molecular weight is 423 g/mol. The Kier molecular flexibility index (Phi) is 7.25. The van der Waals surface area contributed by atoms with Crippen LogP contribution < -0.4 is 9.62 Å². The number of anilines is 1. The third-order valence-electron chi connectivity index (χ3n) is 4.92. The Bertz CT molecular complexity index is 1050. The van der Waals surface area contributed by atoms with Gasteiger partial charge in [-0.1, -0.05) is 48.5 Å². The molecule has 0 saturated carbocycles. The molecule has 0 aliphatic heterocycles. The second kappa shape index (κ2) is 10.1. The number of rotatable bonds is 9. The standard InChI is InChI=1S/C24H26N2O3S/c1-26(22-13-6-3-7-14-22)30(28,29)23-17-15-21(16-18-23)24(27)25-19-9-8-12-20-10-4-2-5-11-20/h2-7,10-11,13-18H,8-9,12,19H2,1H3,(H,25,27). The average Bonchev–Trinajstić information content (AvgIpc) is 2.79. The molecule has 3 aromatic rings. The Hall–Kier alpha value is -3.12. The third kappa shape index (κ3) is 5.48. The number of amides is 1. The minimum absolute atomic E-state index is 0.147. The lowest BCUT2D eigenvalue weighted by Gasteiger charge is -2.19. The highest BCUT2D eigenvalue weighted by atomic mass is 32.2. The van der Waals surface area contributed by atoms with Crippen LogP contribution in [-0.2, 0) is 16.4 Å². The van der Waals surface area contributed by atoms with Gasteiger partial charge < -0.3 is 5.32 Å². The molecule has 0 aliphatic carbocycles. The minimum atomic E-state index is -3.68. The van der Waals surface area contributed by atoms with Crippen LogP contribution in [0.25, 0.3) is 0 Å². The number of hydrogen-bond donors (Lipinski definition) is 1. The van der Waals surface area contributed by atoms with E-state index in [1.54, 1.807) is 36.4 Å². The smallest absolute Gasteiger partial charge is 0.264 e. The molecule has 0 aliphatic rings. The molecule has 30 heavy (non-hydrogen) atoms. The molecule has 0 saturated heterocycles. The second-order valence-electron chi connectivity index (χ2n) is 7.03. The predicted octanol–water partition coefficient (Wildman–Crippen LogP) is 4.26. The van der Waals surface area contributed by atoms with Gasteiger partial charge in [-0.3, -0.25) is 9.10 Å². The molecule has 5 nitrogen and oxygen atoms in total. The van der Waals surface area contributed by atoms with E-state index < -0.39 is 10.0 Å². The Morgan fingerprint density at radius 1 is 0.833 bits per heavy atom. The zero-order valence-corrected chi connectivity index (χ0v) is 17.8. The molecule has 0 radical (unpaired) electrons. The van der Waals surface area contributed by atoms with E-state index in [2.05, 4.69) is 17.4 Å². The molecule has 0 spiro atoms. The summed E-state index contributed by atoms with van der Waals surface area (Å²) in [6.45, 7) is 0.586. The van der Waals surface area contributed by atoms with Crippen LogP contribution in [0, 0.1) is 0 Å². The van der Waals surface area contributed by atoms with Gasteiger partial charge in [-0.25, -0.2) is 8.42 Å². The van der Waals surface area contributed by atoms with Gasteiger partial charge in [-0.05, 0) is 61.2 Å². The highest BCUT2D eigenvalue weighted by Crippen LogP contribution is 2.21. The molecular weight excluding hydrogens is 396 g/mol. The summed E-state index contributed by atoms with van der Waals surface area (Å²) in [7, 11) is -2.17. The van der Waals surface area contributed by atoms with Crippen LogP contribution in [0.15, 0.2) is 89.8 Å². The minimum Gasteiger partial charge on any atom is -0.352 e. The molecule has 3 rings (SSSR count). The quantitative estimate of drug-likeness (QED) is 0.524. The maximum absolute atomic E-state index is 12.8. The van der Waals surface area contributed by atoms with Crippen LogP contribution >= 0.6 is 0 Å². The molecule has 156 valence electrons. The Labute approximate surface area is 178 Å². The van der Waals surface area contributed by atoms with Crippen LogP contribution in [-0.4, -0.2) is 27.9 Å². The maximum Gasteiger partial charge on any atom is 0.264 e. The third-order valence-corrected chi connectivity index (χ3v) is 6.72. The molecule has 0 atom stereocenters. The number of carbonyl (C=O) groups is 1. The van der Waals surface area contributed by atoms with Gasteiger partial charge in [0.25, 0.3) is 15.9 Å². The molecule has 0 unspecified atom stereocenters. The van der Waals surface area contributed by atoms with Crippen molar-refractivity contribution < 1.29 is 13.2 Å². The van der Waals surface area contributed by atoms with Crippen molar-refractivity contribution in [3.63, 3.8) is 0 Å². The molecule has 1 amide bonds. The highest BCUT2D eigenvalue weighted by molar-refractivity contribution is 7.92. The molecule has 1 N–H and O–H groups in total. The summed E-state index contributed by atoms with van der Waals surface area (Å²) in [4.78, 5) is 12.5. The number of aryl methyl sites for hydroxylation is 1. The van der Waals surface area contributed by atoms with Gasteiger partial charge in [0.1, 0.15) is 0 Å². The SMILES string of the molecule is CN(c1ccccc1)S(=O)(=O)c1ccc(C(=O)NCCCCc2ccccc2)cc1. The first-order valence-corrected chi connectivity index (χ1v) is 11.4. The molecule has 6 heteroatoms. The molecular formula is C24H26N2O3S. The number of nitrogens with zero attached hydrogens (tertiary/aromatic N) is 1. The number of hydrogen-bond acceptors (Lipinski definition) is 3. The first-order chi connectivity index (χ1) is 14.5. The fourth-order valence-corrected chi connectivity index (χ4v) is 4.31. The number of benzene rings is 3. The van der Waals surface area contributed by atoms with Crippen LogP contribution in [0.3, 0.4) is 0 Å². The van der Waals surface area contributed by atoms with Crippen molar-refractivity contribution in [2.45, 2.75) is 24.2 Å². The second-order valence-corrected chi connectivity index (χ2v) is 9.00. The van der Waals surface area contributed by atoms with Gasteiger partial charge in [-0.15, -0.1) is 0 Å². The summed E-state index contributed by atoms with van der Waals surface area (Å²) in [6.07, 6.45) is 2.86. The number of nitrogens with one attached hydrogen (secondary N) is 1. The molecule has 0 bridgehead atoms. The topological polar surface area (TPSA) is 66.5 Å². The summed E-state index contributed by atoms with van der Waals surface area (Å²) in [5, 5.41) is 2.89. The fraction of sp³-hybridized carbons (Fsp3) is 0.208. The number of unbranched alkanes of at least 4 members (excludes halogenated alkanes) is 1. The van der Waals surface area contributed by atoms with E-state index in [1.165, 1.54) is 29.0 Å². The van der Waals surface area contributed by atoms with E-state index >= 15 is 0 Å². The van der Waals surface area contributed by atoms with Crippen LogP contribution in [0.4, 0.5) is 5.69 Å². The van der Waals surface area contributed by atoms with E-state index in [4.69, 9.17) is 0 Å². The lowest BCUT2D eigenvalue weighted by atomic mass is 10.1. The van der Waals surface area contributed by atoms with Crippen LogP contribution in [0.1, 0.15) is 28.8 Å². The largest absolute Gasteiger partial charge is 0.352 e. The maximum atomic E-state index is 12.8. The van der Waals surface area contributed by atoms with Crippen molar-refractivity contribution >= 4 is 21.6 Å². The van der Waals surface area contributed by atoms with Gasteiger partial charge >= 0.3 is 0 Å². The van der Waals surface area contributed by atoms with Crippen molar-refractivity contribution in [1.29, 1.82) is 0 Å². The number of sulfonamides is 1. The van der Waals surface area contributed by atoms with Crippen molar-refractivity contribution in [3.8, 4) is 0 Å². The Morgan fingerprint density at radius 2 is 1.43 bits per heavy atom. The lowest BCUT2D eigenvalue weighted by Crippen LogP contribution is -2.27. The summed E-state index contributed by atoms with van der Waals surface area (Å²) in [6, 6.07) is 25.2. The van der Waals surface area contributed by atoms with Crippen molar-refractivity contribution in [2.24, 2.45) is 0 Å². The van der Waals surface area contributed by atoms with Gasteiger partial charge in [-0.2, -0.15) is 0 Å². The summed E-state index contributed by atoms with van der Waals surface area (Å²) >= 11 is 0. The molecule has 0 heterocycles. The summed E-state index contributed by atoms with van der Waals surface area (Å²) in [5.41, 5.74) is 2.32.